The van der Waals surface area contributed by atoms with Crippen LogP contribution in [-0.2, 0) is 33.5 Å². The van der Waals surface area contributed by atoms with Crippen LogP contribution in [0.2, 0.25) is 0 Å². The van der Waals surface area contributed by atoms with Gasteiger partial charge in [-0.25, -0.2) is 26.3 Å². The first kappa shape index (κ1) is 104. The van der Waals surface area contributed by atoms with Crippen LogP contribution in [0.15, 0.2) is 0 Å². The predicted molar refractivity (Wildman–Crippen MR) is 477 cm³/mol. The SMILES string of the molecule is CC(O)[C@H]1CC(F)(F)CN1C1CCN(C)CC1.CC[C@@H]1CCC(=O)N1C1CCN(C)CC1.CC[C@H]1CCC(=O)N1C1CCN(C)CC1.CN1CCC(N2C(=O)CCC2=O)CC1.CN1CCC(N2CC(F)(F)C[C@@H]2C(C)(C)O)CC1.COC[C@H]1CC(F)(F)CN1C1CCN(C)CC1.C[C@@H]1CCC(=O)N1C1CCN(C)CC1.C[C@H]1CCC(=O)N1C1CCN(C)CC1. The summed E-state index contributed by atoms with van der Waals surface area (Å²) < 4.78 is 86.3. The standard InChI is InChI=1S/C13H24F2N2O.2C12H22F2N2O.2C12H22N2O.2C11H20N2O.C10H16N2O2/c1-12(2,18)11-8-13(14,15)9-17(11)10-4-6-16(3)7-5-10;1-15-5-3-10(4-6-15)16-9-12(13,14)7-11(16)8-17-2;1-9(17)11-7-12(13,14)8-16(11)10-3-5-15(2)6-4-10;2*1-3-10-4-5-12(15)14(10)11-6-8-13(2)9-7-11;2*1-9-3-4-11(14)13(9)10-5-7-12(2)8-6-10;1-11-6-4-8(5-7-11)12-9(13)2-3-10(12)14/h10-11,18H,4-9H2,1-3H3;10-11H,3-9H2,1-2H3;9-11,17H,3-8H2,1-2H3;2*10-11H,3-9H2,1-2H3;2*9-10H,3-8H2,1-2H3;8H,2-7H2,1H3/t2*11-;9?,11-;2*10-;2*9-;/m1111010./s1. The Morgan fingerprint density at radius 1 is 0.355 bits per heavy atom. The molecule has 716 valence electrons. The smallest absolute Gasteiger partial charge is 0.262 e. The average molecular weight is 1770 g/mol. The summed E-state index contributed by atoms with van der Waals surface area (Å²) >= 11 is 0. The fourth-order valence-corrected chi connectivity index (χ4v) is 22.8. The van der Waals surface area contributed by atoms with Gasteiger partial charge < -0.3 is 73.7 Å². The zero-order chi connectivity index (χ0) is 90.7. The predicted octanol–water partition coefficient (Wildman–Crippen LogP) is 9.54. The Morgan fingerprint density at radius 2 is 0.621 bits per heavy atom. The van der Waals surface area contributed by atoms with Crippen LogP contribution >= 0.6 is 0 Å². The van der Waals surface area contributed by atoms with Crippen molar-refractivity contribution in [2.75, 3.05) is 194 Å². The van der Waals surface area contributed by atoms with Gasteiger partial charge in [0.25, 0.3) is 17.8 Å². The number of piperidine rings is 8. The van der Waals surface area contributed by atoms with E-state index < -0.39 is 35.5 Å². The number of hydrogen-bond donors (Lipinski definition) is 2. The zero-order valence-corrected chi connectivity index (χ0v) is 79.5. The molecule has 16 aliphatic rings. The van der Waals surface area contributed by atoms with Gasteiger partial charge in [0.1, 0.15) is 0 Å². The molecule has 0 spiro atoms. The number of carbonyl (C=O) groups excluding carboxylic acids is 6. The molecule has 0 aromatic heterocycles. The molecule has 25 nitrogen and oxygen atoms in total. The van der Waals surface area contributed by atoms with Crippen molar-refractivity contribution >= 4 is 35.4 Å². The number of likely N-dealkylation sites (tertiary alicyclic amines) is 16. The summed E-state index contributed by atoms with van der Waals surface area (Å²) in [5.41, 5.74) is -1.07. The van der Waals surface area contributed by atoms with Gasteiger partial charge in [-0.3, -0.25) is 48.4 Å². The Kier molecular flexibility index (Phi) is 40.1. The van der Waals surface area contributed by atoms with E-state index in [2.05, 4.69) is 143 Å². The number of halogens is 6. The third-order valence-corrected chi connectivity index (χ3v) is 30.5. The van der Waals surface area contributed by atoms with Gasteiger partial charge in [-0.1, -0.05) is 13.8 Å². The maximum Gasteiger partial charge on any atom is 0.262 e. The summed E-state index contributed by atoms with van der Waals surface area (Å²) in [7, 11) is 18.5. The third-order valence-electron chi connectivity index (χ3n) is 30.5. The van der Waals surface area contributed by atoms with Gasteiger partial charge in [-0.05, 0) is 337 Å². The molecule has 0 aromatic rings. The molecule has 2 N–H and O–H groups in total. The molecular weight excluding hydrogens is 1600 g/mol. The van der Waals surface area contributed by atoms with Gasteiger partial charge in [0, 0.05) is 156 Å². The van der Waals surface area contributed by atoms with Crippen LogP contribution < -0.4 is 0 Å². The van der Waals surface area contributed by atoms with Gasteiger partial charge in [0.05, 0.1) is 37.9 Å². The molecule has 0 aliphatic carbocycles. The normalized spacial score (nSPS) is 31.1. The molecule has 6 amide bonds. The highest BCUT2D eigenvalue weighted by Crippen LogP contribution is 2.42. The van der Waals surface area contributed by atoms with Crippen molar-refractivity contribution in [1.82, 2.24) is 78.4 Å². The summed E-state index contributed by atoms with van der Waals surface area (Å²) in [6, 6.07) is 4.10. The maximum absolute atomic E-state index is 13.6. The molecule has 1 unspecified atom stereocenters. The van der Waals surface area contributed by atoms with Crippen molar-refractivity contribution in [3.05, 3.63) is 0 Å². The van der Waals surface area contributed by atoms with Crippen molar-refractivity contribution in [1.29, 1.82) is 0 Å². The first-order valence-electron chi connectivity index (χ1n) is 48.5. The summed E-state index contributed by atoms with van der Waals surface area (Å²) in [5, 5.41) is 19.8. The first-order valence-corrected chi connectivity index (χ1v) is 48.5. The van der Waals surface area contributed by atoms with E-state index in [9.17, 15) is 65.3 Å². The van der Waals surface area contributed by atoms with E-state index >= 15 is 0 Å². The van der Waals surface area contributed by atoms with Crippen molar-refractivity contribution in [3.63, 3.8) is 0 Å². The summed E-state index contributed by atoms with van der Waals surface area (Å²) in [5.74, 6) is -6.20. The van der Waals surface area contributed by atoms with Crippen LogP contribution in [0.25, 0.3) is 0 Å². The van der Waals surface area contributed by atoms with E-state index in [0.29, 0.717) is 97.5 Å². The largest absolute Gasteiger partial charge is 0.392 e. The molecule has 0 radical (unpaired) electrons. The number of imide groups is 1. The molecule has 124 heavy (non-hydrogen) atoms. The van der Waals surface area contributed by atoms with Gasteiger partial charge in [0.15, 0.2) is 0 Å². The van der Waals surface area contributed by atoms with Crippen LogP contribution in [-0.4, -0.2) is 439 Å². The minimum Gasteiger partial charge on any atom is -0.392 e. The van der Waals surface area contributed by atoms with E-state index in [1.807, 2.05) is 14.7 Å². The van der Waals surface area contributed by atoms with Gasteiger partial charge in [-0.15, -0.1) is 0 Å². The van der Waals surface area contributed by atoms with Crippen LogP contribution in [0.1, 0.15) is 248 Å². The number of aliphatic hydroxyl groups excluding tert-OH is 1. The minimum atomic E-state index is -2.66. The lowest BCUT2D eigenvalue weighted by Gasteiger charge is -2.41. The number of carbonyl (C=O) groups is 6. The second-order valence-electron chi connectivity index (χ2n) is 40.9. The van der Waals surface area contributed by atoms with Crippen molar-refractivity contribution in [2.45, 2.75) is 368 Å². The Labute approximate surface area is 742 Å². The molecule has 16 saturated heterocycles. The van der Waals surface area contributed by atoms with Crippen molar-refractivity contribution in [3.8, 4) is 0 Å². The highest BCUT2D eigenvalue weighted by atomic mass is 19.3. The Hall–Kier alpha value is -3.96. The fourth-order valence-electron chi connectivity index (χ4n) is 22.8. The second-order valence-corrected chi connectivity index (χ2v) is 40.9. The van der Waals surface area contributed by atoms with E-state index in [1.165, 1.54) is 30.6 Å². The number of alkyl halides is 6. The monoisotopic (exact) mass is 1770 g/mol. The fraction of sp³-hybridized carbons (Fsp3) is 0.935. The number of aliphatic hydroxyl groups is 2. The van der Waals surface area contributed by atoms with E-state index in [0.717, 1.165) is 246 Å². The number of rotatable bonds is 14. The maximum atomic E-state index is 13.6. The minimum absolute atomic E-state index is 0.0320. The van der Waals surface area contributed by atoms with Gasteiger partial charge in [-0.2, -0.15) is 0 Å². The molecule has 16 rings (SSSR count). The Balaban J connectivity index is 0.000000161. The number of methoxy groups -OCH3 is 1. The van der Waals surface area contributed by atoms with E-state index in [-0.39, 0.29) is 80.9 Å². The lowest BCUT2D eigenvalue weighted by molar-refractivity contribution is -0.142. The molecule has 0 bridgehead atoms. The van der Waals surface area contributed by atoms with Crippen LogP contribution in [0.5, 0.6) is 0 Å². The molecule has 0 saturated carbocycles. The molecule has 16 fully saturated rings. The van der Waals surface area contributed by atoms with E-state index in [1.54, 1.807) is 27.9 Å². The number of hydrogen-bond acceptors (Lipinski definition) is 20. The molecule has 8 atom stereocenters. The molecule has 31 heteroatoms. The lowest BCUT2D eigenvalue weighted by atomic mass is 9.93. The van der Waals surface area contributed by atoms with E-state index in [4.69, 9.17) is 4.74 Å². The van der Waals surface area contributed by atoms with Gasteiger partial charge in [0.2, 0.25) is 35.4 Å². The lowest BCUT2D eigenvalue weighted by Crippen LogP contribution is -2.52. The summed E-state index contributed by atoms with van der Waals surface area (Å²) in [4.78, 5) is 104. The van der Waals surface area contributed by atoms with Crippen LogP contribution in [0, 0.1) is 0 Å². The summed E-state index contributed by atoms with van der Waals surface area (Å²) in [6.07, 6.45) is 26.2. The molecule has 16 aliphatic heterocycles. The number of amides is 6. The summed E-state index contributed by atoms with van der Waals surface area (Å²) in [6.45, 7) is 30.6. The highest BCUT2D eigenvalue weighted by molar-refractivity contribution is 6.02. The third kappa shape index (κ3) is 30.0. The van der Waals surface area contributed by atoms with Crippen molar-refractivity contribution < 1.29 is 70.1 Å². The molecular formula is C93H168F6N16O9. The van der Waals surface area contributed by atoms with Gasteiger partial charge >= 0.3 is 0 Å². The first-order chi connectivity index (χ1) is 58.6. The Bertz CT molecular complexity index is 3120. The van der Waals surface area contributed by atoms with Crippen LogP contribution in [0.3, 0.4) is 0 Å². The number of ether oxygens (including phenoxy) is 1. The quantitative estimate of drug-likeness (QED) is 0.123. The number of nitrogens with zero attached hydrogens (tertiary/aromatic N) is 16. The second kappa shape index (κ2) is 47.9. The van der Waals surface area contributed by atoms with Crippen LogP contribution in [0.4, 0.5) is 26.3 Å². The Morgan fingerprint density at radius 3 is 0.927 bits per heavy atom. The molecule has 16 heterocycles. The average Bonchev–Trinajstić information content (AvgIpc) is 1.43. The topological polar surface area (TPSA) is 204 Å². The van der Waals surface area contributed by atoms with Crippen molar-refractivity contribution in [2.24, 2.45) is 0 Å². The zero-order valence-electron chi connectivity index (χ0n) is 79.5. The molecule has 0 aromatic carbocycles. The highest BCUT2D eigenvalue weighted by Gasteiger charge is 2.54.